The van der Waals surface area contributed by atoms with E-state index < -0.39 is 0 Å². The maximum absolute atomic E-state index is 12.2. The van der Waals surface area contributed by atoms with Crippen molar-refractivity contribution in [1.29, 1.82) is 0 Å². The van der Waals surface area contributed by atoms with Gasteiger partial charge in [0.15, 0.2) is 11.5 Å². The molecule has 0 saturated carbocycles. The third-order valence-electron chi connectivity index (χ3n) is 4.01. The Morgan fingerprint density at radius 3 is 2.14 bits per heavy atom. The average Bonchev–Trinajstić information content (AvgIpc) is 2.77. The number of amides is 1. The molecule has 3 aromatic rings. The number of benzene rings is 3. The molecule has 0 aliphatic rings. The fourth-order valence-corrected chi connectivity index (χ4v) is 2.53. The number of nitrogens with one attached hydrogen (secondary N) is 1. The van der Waals surface area contributed by atoms with E-state index in [2.05, 4.69) is 15.5 Å². The number of hydrogen-bond donors (Lipinski definition) is 1. The molecule has 0 spiro atoms. The molecule has 0 radical (unpaired) electrons. The first kappa shape index (κ1) is 19.8. The van der Waals surface area contributed by atoms with E-state index >= 15 is 0 Å². The molecule has 3 aromatic carbocycles. The molecule has 146 valence electrons. The molecular weight excluding hydrogens is 366 g/mol. The van der Waals surface area contributed by atoms with Gasteiger partial charge in [0.2, 0.25) is 5.91 Å². The summed E-state index contributed by atoms with van der Waals surface area (Å²) in [5, 5.41) is 11.2. The Labute approximate surface area is 169 Å². The van der Waals surface area contributed by atoms with Crippen molar-refractivity contribution in [3.63, 3.8) is 0 Å². The van der Waals surface area contributed by atoms with Crippen LogP contribution in [0.25, 0.3) is 6.08 Å². The van der Waals surface area contributed by atoms with Crippen LogP contribution in [0.2, 0.25) is 0 Å². The van der Waals surface area contributed by atoms with Crippen LogP contribution in [0.4, 0.5) is 17.1 Å². The second kappa shape index (κ2) is 9.85. The van der Waals surface area contributed by atoms with E-state index in [9.17, 15) is 4.79 Å². The highest BCUT2D eigenvalue weighted by Gasteiger charge is 2.03. The lowest BCUT2D eigenvalue weighted by Crippen LogP contribution is -2.07. The molecule has 0 bridgehead atoms. The van der Waals surface area contributed by atoms with Crippen LogP contribution < -0.4 is 14.8 Å². The summed E-state index contributed by atoms with van der Waals surface area (Å²) in [6.07, 6.45) is 3.17. The molecule has 29 heavy (non-hydrogen) atoms. The Balaban J connectivity index is 1.59. The summed E-state index contributed by atoms with van der Waals surface area (Å²) in [6, 6.07) is 22.1. The van der Waals surface area contributed by atoms with Crippen molar-refractivity contribution in [2.24, 2.45) is 10.2 Å². The highest BCUT2D eigenvalue weighted by molar-refractivity contribution is 6.02. The van der Waals surface area contributed by atoms with Gasteiger partial charge in [-0.3, -0.25) is 4.79 Å². The Morgan fingerprint density at radius 2 is 1.48 bits per heavy atom. The van der Waals surface area contributed by atoms with Gasteiger partial charge in [-0.05, 0) is 60.2 Å². The predicted octanol–water partition coefficient (Wildman–Crippen LogP) is 5.77. The van der Waals surface area contributed by atoms with Gasteiger partial charge in [-0.15, -0.1) is 0 Å². The van der Waals surface area contributed by atoms with Crippen molar-refractivity contribution in [2.75, 3.05) is 19.5 Å². The Hall–Kier alpha value is -3.93. The zero-order chi connectivity index (χ0) is 20.5. The topological polar surface area (TPSA) is 72.3 Å². The molecule has 6 nitrogen and oxygen atoms in total. The molecule has 0 fully saturated rings. The third-order valence-corrected chi connectivity index (χ3v) is 4.01. The minimum absolute atomic E-state index is 0.238. The van der Waals surface area contributed by atoms with Crippen LogP contribution in [0, 0.1) is 0 Å². The highest BCUT2D eigenvalue weighted by Crippen LogP contribution is 2.28. The molecule has 0 aliphatic heterocycles. The first-order valence-corrected chi connectivity index (χ1v) is 8.96. The Morgan fingerprint density at radius 1 is 0.828 bits per heavy atom. The number of ether oxygens (including phenoxy) is 2. The molecule has 1 amide bonds. The fourth-order valence-electron chi connectivity index (χ4n) is 2.53. The number of carbonyl (C=O) groups excluding carboxylic acids is 1. The van der Waals surface area contributed by atoms with Gasteiger partial charge < -0.3 is 14.8 Å². The van der Waals surface area contributed by atoms with E-state index in [0.717, 1.165) is 11.3 Å². The minimum Gasteiger partial charge on any atom is -0.493 e. The normalized spacial score (nSPS) is 11.0. The summed E-state index contributed by atoms with van der Waals surface area (Å²) in [5.74, 6) is 1.01. The maximum Gasteiger partial charge on any atom is 0.248 e. The molecule has 0 aromatic heterocycles. The lowest BCUT2D eigenvalue weighted by Gasteiger charge is -2.07. The van der Waals surface area contributed by atoms with Gasteiger partial charge in [-0.25, -0.2) is 0 Å². The predicted molar refractivity (Wildman–Crippen MR) is 114 cm³/mol. The van der Waals surface area contributed by atoms with Crippen LogP contribution in [-0.4, -0.2) is 20.1 Å². The van der Waals surface area contributed by atoms with Crippen molar-refractivity contribution in [1.82, 2.24) is 0 Å². The maximum atomic E-state index is 12.2. The van der Waals surface area contributed by atoms with Gasteiger partial charge in [0.1, 0.15) is 0 Å². The first-order valence-electron chi connectivity index (χ1n) is 8.96. The van der Waals surface area contributed by atoms with E-state index in [4.69, 9.17) is 9.47 Å². The van der Waals surface area contributed by atoms with E-state index in [1.165, 1.54) is 6.08 Å². The van der Waals surface area contributed by atoms with Crippen molar-refractivity contribution in [2.45, 2.75) is 0 Å². The zero-order valence-electron chi connectivity index (χ0n) is 16.2. The lowest BCUT2D eigenvalue weighted by molar-refractivity contribution is -0.111. The summed E-state index contributed by atoms with van der Waals surface area (Å²) in [7, 11) is 3.15. The number of nitrogens with zero attached hydrogens (tertiary/aromatic N) is 2. The van der Waals surface area contributed by atoms with Crippen LogP contribution in [-0.2, 0) is 4.79 Å². The van der Waals surface area contributed by atoms with Gasteiger partial charge in [-0.1, -0.05) is 24.3 Å². The van der Waals surface area contributed by atoms with Gasteiger partial charge in [0.25, 0.3) is 0 Å². The van der Waals surface area contributed by atoms with Crippen LogP contribution >= 0.6 is 0 Å². The summed E-state index contributed by atoms with van der Waals surface area (Å²) in [6.45, 7) is 0. The van der Waals surface area contributed by atoms with Crippen LogP contribution in [0.1, 0.15) is 5.56 Å². The number of anilines is 1. The van der Waals surface area contributed by atoms with Crippen molar-refractivity contribution >= 4 is 29.0 Å². The number of methoxy groups -OCH3 is 2. The SMILES string of the molecule is COc1ccc(C=CC(=O)Nc2ccc(N=Nc3ccccc3)cc2)cc1OC. The second-order valence-electron chi connectivity index (χ2n) is 6.02. The largest absolute Gasteiger partial charge is 0.493 e. The molecule has 1 N–H and O–H groups in total. The standard InChI is InChI=1S/C23H21N3O3/c1-28-21-14-8-17(16-22(21)29-2)9-15-23(27)24-18-10-12-20(13-11-18)26-25-19-6-4-3-5-7-19/h3-16H,1-2H3,(H,24,27). The fraction of sp³-hybridized carbons (Fsp3) is 0.0870. The highest BCUT2D eigenvalue weighted by atomic mass is 16.5. The minimum atomic E-state index is -0.238. The molecule has 0 atom stereocenters. The van der Waals surface area contributed by atoms with Gasteiger partial charge >= 0.3 is 0 Å². The van der Waals surface area contributed by atoms with Crippen LogP contribution in [0.3, 0.4) is 0 Å². The summed E-state index contributed by atoms with van der Waals surface area (Å²) in [5.41, 5.74) is 2.98. The first-order chi connectivity index (χ1) is 14.2. The van der Waals surface area contributed by atoms with Gasteiger partial charge in [0, 0.05) is 11.8 Å². The van der Waals surface area contributed by atoms with E-state index in [-0.39, 0.29) is 5.91 Å². The van der Waals surface area contributed by atoms with Gasteiger partial charge in [-0.2, -0.15) is 10.2 Å². The molecule has 0 saturated heterocycles. The van der Waals surface area contributed by atoms with E-state index in [0.29, 0.717) is 22.9 Å². The number of carbonyl (C=O) groups is 1. The zero-order valence-corrected chi connectivity index (χ0v) is 16.2. The number of hydrogen-bond acceptors (Lipinski definition) is 5. The molecule has 0 aliphatic carbocycles. The van der Waals surface area contributed by atoms with Crippen molar-refractivity contribution in [3.05, 3.63) is 84.4 Å². The molecule has 0 heterocycles. The summed E-state index contributed by atoms with van der Waals surface area (Å²) in [4.78, 5) is 12.2. The van der Waals surface area contributed by atoms with E-state index in [1.807, 2.05) is 36.4 Å². The van der Waals surface area contributed by atoms with E-state index in [1.54, 1.807) is 56.7 Å². The molecule has 0 unspecified atom stereocenters. The second-order valence-corrected chi connectivity index (χ2v) is 6.02. The Bertz CT molecular complexity index is 1010. The van der Waals surface area contributed by atoms with Crippen LogP contribution in [0.5, 0.6) is 11.5 Å². The monoisotopic (exact) mass is 387 g/mol. The number of rotatable bonds is 7. The molecular formula is C23H21N3O3. The average molecular weight is 387 g/mol. The summed E-state index contributed by atoms with van der Waals surface area (Å²) < 4.78 is 10.5. The quantitative estimate of drug-likeness (QED) is 0.413. The Kier molecular flexibility index (Phi) is 6.73. The van der Waals surface area contributed by atoms with Gasteiger partial charge in [0.05, 0.1) is 25.6 Å². The lowest BCUT2D eigenvalue weighted by atomic mass is 10.2. The van der Waals surface area contributed by atoms with Crippen LogP contribution in [0.15, 0.2) is 89.1 Å². The smallest absolute Gasteiger partial charge is 0.248 e. The van der Waals surface area contributed by atoms with Crippen molar-refractivity contribution in [3.8, 4) is 11.5 Å². The van der Waals surface area contributed by atoms with Crippen molar-refractivity contribution < 1.29 is 14.3 Å². The molecule has 6 heteroatoms. The third kappa shape index (κ3) is 5.77. The molecule has 3 rings (SSSR count). The summed E-state index contributed by atoms with van der Waals surface area (Å²) >= 11 is 0. The number of azo groups is 1.